The Bertz CT molecular complexity index is 820. The number of carboxylic acid groups (broad SMARTS) is 1. The maximum absolute atomic E-state index is 13.0. The molecule has 190 valence electrons. The summed E-state index contributed by atoms with van der Waals surface area (Å²) >= 11 is 0. The third-order valence-electron chi connectivity index (χ3n) is 4.74. The highest BCUT2D eigenvalue weighted by Crippen LogP contribution is 2.19. The molecule has 0 aromatic carbocycles. The number of aliphatic hydroxyl groups is 1. The Hall–Kier alpha value is -3.79. The Labute approximate surface area is 193 Å². The van der Waals surface area contributed by atoms with Crippen molar-refractivity contribution in [1.29, 1.82) is 0 Å². The van der Waals surface area contributed by atoms with Crippen molar-refractivity contribution in [2.24, 2.45) is 11.5 Å². The van der Waals surface area contributed by atoms with Gasteiger partial charge in [0.1, 0.15) is 24.7 Å². The van der Waals surface area contributed by atoms with Gasteiger partial charge in [0, 0.05) is 6.54 Å². The number of aliphatic hydroxyl groups excluding tert-OH is 1. The first-order chi connectivity index (χ1) is 16.0. The van der Waals surface area contributed by atoms with Crippen LogP contribution in [-0.2, 0) is 33.6 Å². The molecule has 0 bridgehead atoms. The molecule has 1 aliphatic rings. The molecule has 0 radical (unpaired) electrons. The molecule has 1 fully saturated rings. The van der Waals surface area contributed by atoms with Crippen LogP contribution in [0.1, 0.15) is 19.3 Å². The van der Waals surface area contributed by atoms with Crippen molar-refractivity contribution in [2.75, 3.05) is 32.8 Å². The molecule has 1 aliphatic heterocycles. The molecule has 6 amide bonds. The van der Waals surface area contributed by atoms with Crippen LogP contribution in [-0.4, -0.2) is 107 Å². The van der Waals surface area contributed by atoms with Crippen molar-refractivity contribution in [1.82, 2.24) is 26.2 Å². The SMILES string of the molecule is NCC(=O)NCC(=O)N[C@@H](CO)C(=O)N[C@@H](CC(N)=O)C(=O)N1CCC[C@H]1C(=O)NCC(=O)O. The van der Waals surface area contributed by atoms with Gasteiger partial charge in [-0.15, -0.1) is 0 Å². The Morgan fingerprint density at radius 3 is 2.21 bits per heavy atom. The predicted octanol–water partition coefficient (Wildman–Crippen LogP) is -5.91. The van der Waals surface area contributed by atoms with Gasteiger partial charge in [0.05, 0.1) is 26.1 Å². The van der Waals surface area contributed by atoms with E-state index < -0.39 is 85.7 Å². The minimum Gasteiger partial charge on any atom is -0.480 e. The minimum atomic E-state index is -1.53. The van der Waals surface area contributed by atoms with E-state index in [1.807, 2.05) is 0 Å². The summed E-state index contributed by atoms with van der Waals surface area (Å²) in [4.78, 5) is 84.1. The number of aliphatic carboxylic acids is 1. The average molecular weight is 487 g/mol. The van der Waals surface area contributed by atoms with Crippen molar-refractivity contribution >= 4 is 41.4 Å². The number of nitrogens with two attached hydrogens (primary N) is 2. The lowest BCUT2D eigenvalue weighted by Gasteiger charge is -2.29. The summed E-state index contributed by atoms with van der Waals surface area (Å²) in [5, 5.41) is 26.9. The number of nitrogens with one attached hydrogen (secondary N) is 4. The standard InChI is InChI=1S/C18H29N7O9/c19-5-13(28)21-6-14(29)23-10(8-26)16(32)24-9(4-12(20)27)18(34)25-3-1-2-11(25)17(33)22-7-15(30)31/h9-11,26H,1-8,19H2,(H2,20,27)(H,21,28)(H,22,33)(H,23,29)(H,24,32)(H,30,31)/t9-,10-,11-/m0/s1. The van der Waals surface area contributed by atoms with Crippen molar-refractivity contribution < 1.29 is 43.8 Å². The Morgan fingerprint density at radius 1 is 0.971 bits per heavy atom. The maximum atomic E-state index is 13.0. The fourth-order valence-corrected chi connectivity index (χ4v) is 3.15. The van der Waals surface area contributed by atoms with Crippen LogP contribution >= 0.6 is 0 Å². The third-order valence-corrected chi connectivity index (χ3v) is 4.74. The first-order valence-corrected chi connectivity index (χ1v) is 10.3. The van der Waals surface area contributed by atoms with Crippen molar-refractivity contribution in [3.05, 3.63) is 0 Å². The monoisotopic (exact) mass is 487 g/mol. The number of amides is 6. The molecular weight excluding hydrogens is 458 g/mol. The van der Waals surface area contributed by atoms with Gasteiger partial charge in [-0.1, -0.05) is 0 Å². The van der Waals surface area contributed by atoms with E-state index in [9.17, 15) is 38.7 Å². The molecule has 0 aliphatic carbocycles. The molecule has 0 aromatic rings. The summed E-state index contributed by atoms with van der Waals surface area (Å²) in [6, 6.07) is -4.06. The lowest BCUT2D eigenvalue weighted by atomic mass is 10.1. The maximum Gasteiger partial charge on any atom is 0.322 e. The quantitative estimate of drug-likeness (QED) is 0.122. The molecule has 0 spiro atoms. The molecule has 16 heteroatoms. The number of nitrogens with zero attached hydrogens (tertiary/aromatic N) is 1. The number of likely N-dealkylation sites (tertiary alicyclic amines) is 1. The van der Waals surface area contributed by atoms with Crippen LogP contribution in [0.5, 0.6) is 0 Å². The van der Waals surface area contributed by atoms with Gasteiger partial charge in [-0.2, -0.15) is 0 Å². The number of carbonyl (C=O) groups is 7. The average Bonchev–Trinajstić information content (AvgIpc) is 3.27. The molecule has 16 nitrogen and oxygen atoms in total. The molecule has 10 N–H and O–H groups in total. The van der Waals surface area contributed by atoms with E-state index in [1.54, 1.807) is 0 Å². The number of primary amides is 1. The zero-order valence-corrected chi connectivity index (χ0v) is 18.2. The van der Waals surface area contributed by atoms with Gasteiger partial charge in [-0.25, -0.2) is 0 Å². The van der Waals surface area contributed by atoms with Gasteiger partial charge < -0.3 is 47.8 Å². The van der Waals surface area contributed by atoms with Gasteiger partial charge in [-0.3, -0.25) is 33.6 Å². The Kier molecular flexibility index (Phi) is 11.4. The van der Waals surface area contributed by atoms with E-state index in [1.165, 1.54) is 0 Å². The fourth-order valence-electron chi connectivity index (χ4n) is 3.15. The van der Waals surface area contributed by atoms with E-state index >= 15 is 0 Å². The van der Waals surface area contributed by atoms with Gasteiger partial charge in [0.25, 0.3) is 0 Å². The molecule has 3 atom stereocenters. The second-order valence-corrected chi connectivity index (χ2v) is 7.32. The number of hydrogen-bond donors (Lipinski definition) is 8. The van der Waals surface area contributed by atoms with Crippen LogP contribution in [0.4, 0.5) is 0 Å². The number of hydrogen-bond acceptors (Lipinski definition) is 9. The van der Waals surface area contributed by atoms with Crippen LogP contribution in [0.3, 0.4) is 0 Å². The summed E-state index contributed by atoms with van der Waals surface area (Å²) in [5.74, 6) is -6.23. The molecular formula is C18H29N7O9. The van der Waals surface area contributed by atoms with E-state index in [-0.39, 0.29) is 19.5 Å². The zero-order valence-electron chi connectivity index (χ0n) is 18.2. The molecule has 1 saturated heterocycles. The summed E-state index contributed by atoms with van der Waals surface area (Å²) in [5.41, 5.74) is 10.3. The first kappa shape index (κ1) is 28.2. The highest BCUT2D eigenvalue weighted by molar-refractivity contribution is 5.97. The smallest absolute Gasteiger partial charge is 0.322 e. The topological polar surface area (TPSA) is 263 Å². The first-order valence-electron chi connectivity index (χ1n) is 10.3. The number of carbonyl (C=O) groups excluding carboxylic acids is 6. The lowest BCUT2D eigenvalue weighted by Crippen LogP contribution is -2.58. The van der Waals surface area contributed by atoms with Crippen LogP contribution in [0.15, 0.2) is 0 Å². The minimum absolute atomic E-state index is 0.107. The summed E-state index contributed by atoms with van der Waals surface area (Å²) < 4.78 is 0. The fraction of sp³-hybridized carbons (Fsp3) is 0.611. The molecule has 0 saturated carbocycles. The second-order valence-electron chi connectivity index (χ2n) is 7.32. The zero-order chi connectivity index (χ0) is 25.8. The summed E-state index contributed by atoms with van der Waals surface area (Å²) in [6.07, 6.45) is 0.0133. The predicted molar refractivity (Wildman–Crippen MR) is 112 cm³/mol. The highest BCUT2D eigenvalue weighted by atomic mass is 16.4. The van der Waals surface area contributed by atoms with Gasteiger partial charge in [-0.05, 0) is 12.8 Å². The van der Waals surface area contributed by atoms with E-state index in [0.717, 1.165) is 4.90 Å². The third kappa shape index (κ3) is 8.99. The normalized spacial score (nSPS) is 16.6. The largest absolute Gasteiger partial charge is 0.480 e. The van der Waals surface area contributed by atoms with Crippen LogP contribution < -0.4 is 32.7 Å². The van der Waals surface area contributed by atoms with Crippen molar-refractivity contribution in [2.45, 2.75) is 37.4 Å². The molecule has 0 unspecified atom stereocenters. The number of rotatable bonds is 13. The molecule has 1 heterocycles. The van der Waals surface area contributed by atoms with Crippen LogP contribution in [0, 0.1) is 0 Å². The second kappa shape index (κ2) is 13.7. The summed E-state index contributed by atoms with van der Waals surface area (Å²) in [7, 11) is 0. The molecule has 0 aromatic heterocycles. The van der Waals surface area contributed by atoms with Gasteiger partial charge >= 0.3 is 5.97 Å². The highest BCUT2D eigenvalue weighted by Gasteiger charge is 2.38. The van der Waals surface area contributed by atoms with Gasteiger partial charge in [0.15, 0.2) is 0 Å². The van der Waals surface area contributed by atoms with Crippen LogP contribution in [0.25, 0.3) is 0 Å². The number of carboxylic acids is 1. The van der Waals surface area contributed by atoms with Crippen LogP contribution in [0.2, 0.25) is 0 Å². The van der Waals surface area contributed by atoms with Gasteiger partial charge in [0.2, 0.25) is 35.4 Å². The van der Waals surface area contributed by atoms with Crippen molar-refractivity contribution in [3.63, 3.8) is 0 Å². The van der Waals surface area contributed by atoms with E-state index in [0.29, 0.717) is 6.42 Å². The Morgan fingerprint density at radius 2 is 1.65 bits per heavy atom. The van der Waals surface area contributed by atoms with Crippen molar-refractivity contribution in [3.8, 4) is 0 Å². The lowest BCUT2D eigenvalue weighted by molar-refractivity contribution is -0.144. The van der Waals surface area contributed by atoms with E-state index in [4.69, 9.17) is 16.6 Å². The molecule has 34 heavy (non-hydrogen) atoms. The molecule has 1 rings (SSSR count). The van der Waals surface area contributed by atoms with E-state index in [2.05, 4.69) is 21.3 Å². The summed E-state index contributed by atoms with van der Waals surface area (Å²) in [6.45, 7) is -2.30. The Balaban J connectivity index is 2.87.